The van der Waals surface area contributed by atoms with Gasteiger partial charge in [-0.15, -0.1) is 0 Å². The van der Waals surface area contributed by atoms with Crippen molar-refractivity contribution in [2.24, 2.45) is 0 Å². The molecule has 0 saturated carbocycles. The number of rotatable bonds is 16. The Morgan fingerprint density at radius 3 is 1.73 bits per heavy atom. The maximum absolute atomic E-state index is 14.0. The fraction of sp³-hybridized carbons (Fsp3) is 0.188. The smallest absolute Gasteiger partial charge is 0.412 e. The highest BCUT2D eigenvalue weighted by molar-refractivity contribution is 6.02. The standard InChI is InChI=1S/C48H45N3O9/c1-30-40(34-23-25-37(53-2)46(57-6)45(34)58-27-31-16-10-7-11-17-31)43(51-48(52)60-29-33-20-14-9-15-21-33)42(50-47(30)59-28-32-18-12-8-13-19-32)36-24-22-35-41(49-36)38(54-3)26-39(55-4)44(35)56-5/h7-26H,27-29H2,1-6H3,(H,51,52). The van der Waals surface area contributed by atoms with Crippen LogP contribution >= 0.6 is 0 Å². The van der Waals surface area contributed by atoms with Crippen molar-refractivity contribution in [1.29, 1.82) is 0 Å². The summed E-state index contributed by atoms with van der Waals surface area (Å²) >= 11 is 0. The van der Waals surface area contributed by atoms with Crippen LogP contribution in [0, 0.1) is 6.92 Å². The SMILES string of the molecule is COc1ccc(-c2c(C)c(OCc3ccccc3)nc(-c3ccc4c(OC)c(OC)cc(OC)c4n3)c2NC(=O)OCc2ccccc2)c(OCc2ccccc2)c1OC. The van der Waals surface area contributed by atoms with Crippen LogP contribution in [0.4, 0.5) is 10.5 Å². The third-order valence-electron chi connectivity index (χ3n) is 9.80. The molecule has 1 N–H and O–H groups in total. The number of pyridine rings is 2. The van der Waals surface area contributed by atoms with E-state index in [1.807, 2.05) is 110 Å². The summed E-state index contributed by atoms with van der Waals surface area (Å²) in [6.07, 6.45) is -0.725. The van der Waals surface area contributed by atoms with Crippen LogP contribution in [0.25, 0.3) is 33.4 Å². The van der Waals surface area contributed by atoms with Crippen LogP contribution in [0.1, 0.15) is 22.3 Å². The Bertz CT molecular complexity index is 2590. The Balaban J connectivity index is 1.49. The summed E-state index contributed by atoms with van der Waals surface area (Å²) in [4.78, 5) is 24.2. The van der Waals surface area contributed by atoms with Crippen molar-refractivity contribution in [1.82, 2.24) is 9.97 Å². The maximum atomic E-state index is 14.0. The zero-order valence-corrected chi connectivity index (χ0v) is 34.2. The molecule has 0 bridgehead atoms. The second-order valence-electron chi connectivity index (χ2n) is 13.5. The normalized spacial score (nSPS) is 10.8. The van der Waals surface area contributed by atoms with Crippen molar-refractivity contribution in [2.75, 3.05) is 40.9 Å². The van der Waals surface area contributed by atoms with Gasteiger partial charge in [-0.3, -0.25) is 5.32 Å². The molecule has 12 nitrogen and oxygen atoms in total. The summed E-state index contributed by atoms with van der Waals surface area (Å²) in [6, 6.07) is 37.9. The van der Waals surface area contributed by atoms with Crippen molar-refractivity contribution in [3.8, 4) is 62.9 Å². The first-order valence-electron chi connectivity index (χ1n) is 19.1. The molecule has 1 amide bonds. The van der Waals surface area contributed by atoms with Gasteiger partial charge >= 0.3 is 6.09 Å². The molecule has 306 valence electrons. The largest absolute Gasteiger partial charge is 0.494 e. The number of hydrogen-bond acceptors (Lipinski definition) is 11. The molecular formula is C48H45N3O9. The van der Waals surface area contributed by atoms with Crippen molar-refractivity contribution in [3.63, 3.8) is 0 Å². The van der Waals surface area contributed by atoms with Crippen LogP contribution < -0.4 is 38.5 Å². The molecule has 0 fully saturated rings. The summed E-state index contributed by atoms with van der Waals surface area (Å²) in [5, 5.41) is 3.69. The van der Waals surface area contributed by atoms with Gasteiger partial charge < -0.3 is 37.9 Å². The van der Waals surface area contributed by atoms with E-state index in [0.717, 1.165) is 16.7 Å². The summed E-state index contributed by atoms with van der Waals surface area (Å²) in [6.45, 7) is 2.30. The minimum Gasteiger partial charge on any atom is -0.494 e. The number of nitrogens with zero attached hydrogens (tertiary/aromatic N) is 2. The van der Waals surface area contributed by atoms with Gasteiger partial charge in [0, 0.05) is 22.8 Å². The average molecular weight is 808 g/mol. The number of anilines is 1. The summed E-state index contributed by atoms with van der Waals surface area (Å²) in [5.41, 5.74) is 5.74. The molecule has 12 heteroatoms. The molecule has 0 aliphatic heterocycles. The molecule has 0 saturated heterocycles. The average Bonchev–Trinajstić information content (AvgIpc) is 3.30. The van der Waals surface area contributed by atoms with Gasteiger partial charge in [0.2, 0.25) is 11.6 Å². The molecule has 0 atom stereocenters. The number of carbonyl (C=O) groups excluding carboxylic acids is 1. The second kappa shape index (κ2) is 18.9. The molecule has 0 unspecified atom stereocenters. The number of ether oxygens (including phenoxy) is 8. The number of nitrogens with one attached hydrogen (secondary N) is 1. The summed E-state index contributed by atoms with van der Waals surface area (Å²) in [5.74, 6) is 2.83. The fourth-order valence-electron chi connectivity index (χ4n) is 6.86. The third-order valence-corrected chi connectivity index (χ3v) is 9.80. The molecule has 0 spiro atoms. The molecule has 0 aliphatic carbocycles. The highest BCUT2D eigenvalue weighted by Gasteiger charge is 2.29. The predicted octanol–water partition coefficient (Wildman–Crippen LogP) is 10.2. The van der Waals surface area contributed by atoms with Crippen LogP contribution in [-0.2, 0) is 24.6 Å². The van der Waals surface area contributed by atoms with Crippen LogP contribution in [0.3, 0.4) is 0 Å². The highest BCUT2D eigenvalue weighted by atomic mass is 16.6. The van der Waals surface area contributed by atoms with Crippen molar-refractivity contribution >= 4 is 22.7 Å². The zero-order valence-electron chi connectivity index (χ0n) is 34.2. The number of hydrogen-bond donors (Lipinski definition) is 1. The number of amides is 1. The van der Waals surface area contributed by atoms with E-state index >= 15 is 0 Å². The van der Waals surface area contributed by atoms with E-state index in [1.54, 1.807) is 53.7 Å². The number of aromatic nitrogens is 2. The summed E-state index contributed by atoms with van der Waals surface area (Å²) in [7, 11) is 7.78. The van der Waals surface area contributed by atoms with Crippen molar-refractivity contribution in [2.45, 2.75) is 26.7 Å². The van der Waals surface area contributed by atoms with E-state index in [2.05, 4.69) is 5.32 Å². The van der Waals surface area contributed by atoms with Crippen molar-refractivity contribution in [3.05, 3.63) is 144 Å². The lowest BCUT2D eigenvalue weighted by Gasteiger charge is -2.24. The molecule has 5 aromatic carbocycles. The molecule has 2 aromatic heterocycles. The highest BCUT2D eigenvalue weighted by Crippen LogP contribution is 2.51. The minimum absolute atomic E-state index is 0.0247. The maximum Gasteiger partial charge on any atom is 0.412 e. The van der Waals surface area contributed by atoms with Gasteiger partial charge in [0.1, 0.15) is 36.8 Å². The lowest BCUT2D eigenvalue weighted by atomic mass is 9.95. The zero-order chi connectivity index (χ0) is 42.0. The molecule has 2 heterocycles. The van der Waals surface area contributed by atoms with Crippen LogP contribution in [0.2, 0.25) is 0 Å². The van der Waals surface area contributed by atoms with Gasteiger partial charge in [-0.2, -0.15) is 0 Å². The van der Waals surface area contributed by atoms with E-state index in [1.165, 1.54) is 0 Å². The second-order valence-corrected chi connectivity index (χ2v) is 13.5. The number of carbonyl (C=O) groups is 1. The van der Waals surface area contributed by atoms with E-state index in [-0.39, 0.29) is 37.1 Å². The van der Waals surface area contributed by atoms with Gasteiger partial charge in [-0.05, 0) is 47.9 Å². The molecule has 0 aliphatic rings. The van der Waals surface area contributed by atoms with E-state index < -0.39 is 6.09 Å². The number of benzene rings is 5. The fourth-order valence-corrected chi connectivity index (χ4v) is 6.86. The topological polar surface area (TPSA) is 129 Å². The van der Waals surface area contributed by atoms with Crippen LogP contribution in [0.15, 0.2) is 121 Å². The van der Waals surface area contributed by atoms with E-state index in [0.29, 0.717) is 67.8 Å². The van der Waals surface area contributed by atoms with Crippen LogP contribution in [-0.4, -0.2) is 51.6 Å². The Hall–Kier alpha value is -7.47. The van der Waals surface area contributed by atoms with Gasteiger partial charge in [-0.1, -0.05) is 91.0 Å². The first-order chi connectivity index (χ1) is 29.4. The Morgan fingerprint density at radius 2 is 1.15 bits per heavy atom. The molecule has 60 heavy (non-hydrogen) atoms. The molecule has 0 radical (unpaired) electrons. The summed E-state index contributed by atoms with van der Waals surface area (Å²) < 4.78 is 47.9. The van der Waals surface area contributed by atoms with Gasteiger partial charge in [0.25, 0.3) is 0 Å². The first-order valence-corrected chi connectivity index (χ1v) is 19.1. The Kier molecular flexibility index (Phi) is 12.8. The number of fused-ring (bicyclic) bond motifs is 1. The molecule has 7 rings (SSSR count). The Labute approximate surface area is 348 Å². The minimum atomic E-state index is -0.725. The van der Waals surface area contributed by atoms with E-state index in [9.17, 15) is 4.79 Å². The lowest BCUT2D eigenvalue weighted by Crippen LogP contribution is -2.17. The predicted molar refractivity (Wildman–Crippen MR) is 230 cm³/mol. The van der Waals surface area contributed by atoms with Crippen molar-refractivity contribution < 1.29 is 42.7 Å². The van der Waals surface area contributed by atoms with Gasteiger partial charge in [0.05, 0.1) is 52.3 Å². The van der Waals surface area contributed by atoms with E-state index in [4.69, 9.17) is 47.9 Å². The van der Waals surface area contributed by atoms with Crippen LogP contribution in [0.5, 0.6) is 40.4 Å². The third kappa shape index (κ3) is 8.68. The monoisotopic (exact) mass is 807 g/mol. The van der Waals surface area contributed by atoms with Gasteiger partial charge in [0.15, 0.2) is 23.0 Å². The van der Waals surface area contributed by atoms with Gasteiger partial charge in [-0.25, -0.2) is 14.8 Å². The molecule has 7 aromatic rings. The lowest BCUT2D eigenvalue weighted by molar-refractivity contribution is 0.155. The first kappa shape index (κ1) is 40.7. The number of methoxy groups -OCH3 is 5. The quantitative estimate of drug-likeness (QED) is 0.100. The molecular weight excluding hydrogens is 763 g/mol. The Morgan fingerprint density at radius 1 is 0.567 bits per heavy atom.